The van der Waals surface area contributed by atoms with E-state index in [9.17, 15) is 4.79 Å². The zero-order valence-corrected chi connectivity index (χ0v) is 10.0. The van der Waals surface area contributed by atoms with Gasteiger partial charge in [0.05, 0.1) is 0 Å². The molecule has 82 valence electrons. The van der Waals surface area contributed by atoms with E-state index in [2.05, 4.69) is 13.8 Å². The monoisotopic (exact) mass is 216 g/mol. The summed E-state index contributed by atoms with van der Waals surface area (Å²) in [5, 5.41) is 0.540. The number of nitrogens with two attached hydrogens (primary N) is 1. The van der Waals surface area contributed by atoms with E-state index in [1.165, 1.54) is 0 Å². The van der Waals surface area contributed by atoms with E-state index >= 15 is 0 Å². The van der Waals surface area contributed by atoms with E-state index in [1.54, 1.807) is 0 Å². The molecule has 1 amide bonds. The van der Waals surface area contributed by atoms with E-state index in [1.807, 2.05) is 23.6 Å². The highest BCUT2D eigenvalue weighted by Crippen LogP contribution is 2.25. The molecule has 2 N–H and O–H groups in total. The molecule has 14 heavy (non-hydrogen) atoms. The van der Waals surface area contributed by atoms with Crippen molar-refractivity contribution in [2.45, 2.75) is 32.1 Å². The van der Waals surface area contributed by atoms with Gasteiger partial charge in [-0.05, 0) is 6.92 Å². The van der Waals surface area contributed by atoms with E-state index in [0.717, 1.165) is 12.3 Å². The van der Waals surface area contributed by atoms with Crippen molar-refractivity contribution in [2.24, 2.45) is 11.7 Å². The number of hydrogen-bond acceptors (Lipinski definition) is 3. The summed E-state index contributed by atoms with van der Waals surface area (Å²) in [5.41, 5.74) is 5.51. The molecule has 0 saturated carbocycles. The molecule has 0 aromatic carbocycles. The fourth-order valence-electron chi connectivity index (χ4n) is 1.63. The Kier molecular flexibility index (Phi) is 4.26. The first-order chi connectivity index (χ1) is 6.57. The minimum atomic E-state index is -0.0345. The second kappa shape index (κ2) is 5.03. The van der Waals surface area contributed by atoms with Gasteiger partial charge < -0.3 is 10.6 Å². The van der Waals surface area contributed by atoms with Crippen molar-refractivity contribution in [3.8, 4) is 0 Å². The molecule has 3 atom stereocenters. The third-order valence-electron chi connectivity index (χ3n) is 2.94. The highest BCUT2D eigenvalue weighted by Gasteiger charge is 2.30. The van der Waals surface area contributed by atoms with E-state index in [0.29, 0.717) is 17.8 Å². The van der Waals surface area contributed by atoms with Crippen LogP contribution in [-0.4, -0.2) is 40.9 Å². The first-order valence-corrected chi connectivity index (χ1v) is 6.25. The standard InChI is InChI=1S/C10H20N2OS/c1-7(6-11)10(13)12-4-5-14-9(3)8(12)2/h7-9H,4-6,11H2,1-3H3. The number of amides is 1. The zero-order chi connectivity index (χ0) is 10.7. The number of carbonyl (C=O) groups is 1. The maximum absolute atomic E-state index is 11.9. The Morgan fingerprint density at radius 1 is 1.64 bits per heavy atom. The number of carbonyl (C=O) groups excluding carboxylic acids is 1. The lowest BCUT2D eigenvalue weighted by Gasteiger charge is -2.38. The summed E-state index contributed by atoms with van der Waals surface area (Å²) >= 11 is 1.94. The molecule has 1 fully saturated rings. The lowest BCUT2D eigenvalue weighted by molar-refractivity contribution is -0.136. The molecule has 4 heteroatoms. The van der Waals surface area contributed by atoms with Crippen LogP contribution >= 0.6 is 11.8 Å². The van der Waals surface area contributed by atoms with Gasteiger partial charge in [0.2, 0.25) is 5.91 Å². The van der Waals surface area contributed by atoms with Crippen LogP contribution in [0.25, 0.3) is 0 Å². The van der Waals surface area contributed by atoms with Gasteiger partial charge in [-0.25, -0.2) is 0 Å². The number of hydrogen-bond donors (Lipinski definition) is 1. The predicted molar refractivity (Wildman–Crippen MR) is 61.3 cm³/mol. The summed E-state index contributed by atoms with van der Waals surface area (Å²) in [6.07, 6.45) is 0. The molecule has 3 nitrogen and oxygen atoms in total. The second-order valence-corrected chi connectivity index (χ2v) is 5.47. The Hall–Kier alpha value is -0.220. The van der Waals surface area contributed by atoms with Gasteiger partial charge in [-0.15, -0.1) is 0 Å². The molecule has 0 aliphatic carbocycles. The molecule has 0 aromatic rings. The fraction of sp³-hybridized carbons (Fsp3) is 0.900. The highest BCUT2D eigenvalue weighted by molar-refractivity contribution is 8.00. The average Bonchev–Trinajstić information content (AvgIpc) is 2.20. The van der Waals surface area contributed by atoms with Gasteiger partial charge in [0.25, 0.3) is 0 Å². The quantitative estimate of drug-likeness (QED) is 0.747. The fourth-order valence-corrected chi connectivity index (χ4v) is 2.73. The van der Waals surface area contributed by atoms with Crippen LogP contribution in [0.4, 0.5) is 0 Å². The van der Waals surface area contributed by atoms with Crippen LogP contribution in [-0.2, 0) is 4.79 Å². The van der Waals surface area contributed by atoms with Crippen LogP contribution in [0.1, 0.15) is 20.8 Å². The molecule has 1 aliphatic rings. The van der Waals surface area contributed by atoms with Gasteiger partial charge in [0, 0.05) is 36.1 Å². The van der Waals surface area contributed by atoms with Crippen molar-refractivity contribution in [3.05, 3.63) is 0 Å². The minimum absolute atomic E-state index is 0.0345. The molecule has 0 radical (unpaired) electrons. The number of nitrogens with zero attached hydrogens (tertiary/aromatic N) is 1. The summed E-state index contributed by atoms with van der Waals surface area (Å²) < 4.78 is 0. The maximum atomic E-state index is 11.9. The predicted octanol–water partition coefficient (Wildman–Crippen LogP) is 0.934. The van der Waals surface area contributed by atoms with Crippen LogP contribution in [0.15, 0.2) is 0 Å². The summed E-state index contributed by atoms with van der Waals surface area (Å²) in [5.74, 6) is 1.23. The molecule has 1 saturated heterocycles. The Bertz CT molecular complexity index is 210. The van der Waals surface area contributed by atoms with Crippen molar-refractivity contribution in [1.82, 2.24) is 4.90 Å². The third-order valence-corrected chi connectivity index (χ3v) is 4.28. The molecule has 0 bridgehead atoms. The van der Waals surface area contributed by atoms with Crippen molar-refractivity contribution < 1.29 is 4.79 Å². The average molecular weight is 216 g/mol. The van der Waals surface area contributed by atoms with Gasteiger partial charge in [-0.2, -0.15) is 11.8 Å². The van der Waals surface area contributed by atoms with Crippen LogP contribution < -0.4 is 5.73 Å². The van der Waals surface area contributed by atoms with Crippen molar-refractivity contribution in [3.63, 3.8) is 0 Å². The second-order valence-electron chi connectivity index (χ2n) is 3.98. The molecule has 1 rings (SSSR count). The molecule has 0 aromatic heterocycles. The summed E-state index contributed by atoms with van der Waals surface area (Å²) in [4.78, 5) is 13.9. The lowest BCUT2D eigenvalue weighted by atomic mass is 10.1. The third kappa shape index (κ3) is 2.42. The molecule has 3 unspecified atom stereocenters. The van der Waals surface area contributed by atoms with Gasteiger partial charge >= 0.3 is 0 Å². The maximum Gasteiger partial charge on any atom is 0.226 e. The largest absolute Gasteiger partial charge is 0.338 e. The van der Waals surface area contributed by atoms with Crippen molar-refractivity contribution >= 4 is 17.7 Å². The number of rotatable bonds is 2. The Labute approximate surface area is 90.4 Å². The highest BCUT2D eigenvalue weighted by atomic mass is 32.2. The zero-order valence-electron chi connectivity index (χ0n) is 9.19. The topological polar surface area (TPSA) is 46.3 Å². The molecular formula is C10H20N2OS. The minimum Gasteiger partial charge on any atom is -0.338 e. The first kappa shape index (κ1) is 11.9. The smallest absolute Gasteiger partial charge is 0.226 e. The van der Waals surface area contributed by atoms with Crippen LogP contribution in [0.2, 0.25) is 0 Å². The Morgan fingerprint density at radius 2 is 2.29 bits per heavy atom. The Balaban J connectivity index is 2.62. The summed E-state index contributed by atoms with van der Waals surface area (Å²) in [7, 11) is 0. The molecule has 1 heterocycles. The molecular weight excluding hydrogens is 196 g/mol. The van der Waals surface area contributed by atoms with Gasteiger partial charge in [-0.1, -0.05) is 13.8 Å². The first-order valence-electron chi connectivity index (χ1n) is 5.20. The Morgan fingerprint density at radius 3 is 2.86 bits per heavy atom. The van der Waals surface area contributed by atoms with Crippen LogP contribution in [0.5, 0.6) is 0 Å². The number of thioether (sulfide) groups is 1. The van der Waals surface area contributed by atoms with E-state index in [4.69, 9.17) is 5.73 Å². The van der Waals surface area contributed by atoms with Crippen LogP contribution in [0.3, 0.4) is 0 Å². The SMILES string of the molecule is CC(CN)C(=O)N1CCSC(C)C1C. The van der Waals surface area contributed by atoms with Crippen molar-refractivity contribution in [2.75, 3.05) is 18.8 Å². The normalized spacial score (nSPS) is 30.1. The molecule has 1 aliphatic heterocycles. The molecule has 0 spiro atoms. The van der Waals surface area contributed by atoms with Gasteiger partial charge in [-0.3, -0.25) is 4.79 Å². The van der Waals surface area contributed by atoms with Crippen LogP contribution in [0, 0.1) is 5.92 Å². The van der Waals surface area contributed by atoms with E-state index < -0.39 is 0 Å². The summed E-state index contributed by atoms with van der Waals surface area (Å²) in [6.45, 7) is 7.53. The van der Waals surface area contributed by atoms with Gasteiger partial charge in [0.1, 0.15) is 0 Å². The van der Waals surface area contributed by atoms with E-state index in [-0.39, 0.29) is 11.8 Å². The summed E-state index contributed by atoms with van der Waals surface area (Å²) in [6, 6.07) is 0.343. The van der Waals surface area contributed by atoms with Gasteiger partial charge in [0.15, 0.2) is 0 Å². The lowest BCUT2D eigenvalue weighted by Crippen LogP contribution is -2.50. The van der Waals surface area contributed by atoms with Crippen molar-refractivity contribution in [1.29, 1.82) is 0 Å².